The molecular formula is C22H18N4O4. The van der Waals surface area contributed by atoms with Crippen LogP contribution in [0.1, 0.15) is 11.1 Å². The molecular weight excluding hydrogens is 384 g/mol. The molecule has 0 aliphatic heterocycles. The van der Waals surface area contributed by atoms with Gasteiger partial charge in [-0.2, -0.15) is 0 Å². The molecule has 0 saturated heterocycles. The second kappa shape index (κ2) is 8.44. The molecule has 0 spiro atoms. The maximum Gasteiger partial charge on any atom is 0.414 e. The third-order valence-electron chi connectivity index (χ3n) is 4.52. The highest BCUT2D eigenvalue weighted by molar-refractivity contribution is 5.86. The van der Waals surface area contributed by atoms with Gasteiger partial charge in [0.15, 0.2) is 0 Å². The van der Waals surface area contributed by atoms with Crippen molar-refractivity contribution in [3.8, 4) is 11.6 Å². The fourth-order valence-corrected chi connectivity index (χ4v) is 3.05. The Balaban J connectivity index is 1.62. The molecule has 0 aliphatic carbocycles. The first-order valence-electron chi connectivity index (χ1n) is 9.22. The number of amides is 1. The molecule has 0 saturated carbocycles. The lowest BCUT2D eigenvalue weighted by molar-refractivity contribution is 0.196. The van der Waals surface area contributed by atoms with Crippen LogP contribution in [0.2, 0.25) is 0 Å². The summed E-state index contributed by atoms with van der Waals surface area (Å²) in [5.41, 5.74) is 1.69. The van der Waals surface area contributed by atoms with Crippen molar-refractivity contribution in [2.75, 3.05) is 0 Å². The molecule has 3 aromatic heterocycles. The van der Waals surface area contributed by atoms with Crippen LogP contribution in [0, 0.1) is 0 Å². The van der Waals surface area contributed by atoms with Crippen LogP contribution >= 0.6 is 0 Å². The molecule has 0 aliphatic rings. The number of nitrogens with zero attached hydrogens (tertiary/aromatic N) is 3. The van der Waals surface area contributed by atoms with Gasteiger partial charge in [0, 0.05) is 36.6 Å². The summed E-state index contributed by atoms with van der Waals surface area (Å²) in [7, 11) is 0. The number of fused-ring (bicyclic) bond motifs is 1. The Bertz CT molecular complexity index is 1240. The molecule has 1 aromatic carbocycles. The molecule has 3 heterocycles. The van der Waals surface area contributed by atoms with Crippen LogP contribution in [0.5, 0.6) is 11.6 Å². The first-order valence-corrected chi connectivity index (χ1v) is 9.22. The van der Waals surface area contributed by atoms with Gasteiger partial charge in [0.1, 0.15) is 5.52 Å². The van der Waals surface area contributed by atoms with E-state index in [1.54, 1.807) is 30.6 Å². The van der Waals surface area contributed by atoms with E-state index in [2.05, 4.69) is 15.3 Å². The fraction of sp³-hybridized carbons (Fsp3) is 0.0909. The molecule has 0 bridgehead atoms. The van der Waals surface area contributed by atoms with Gasteiger partial charge in [-0.15, -0.1) is 0 Å². The Kier molecular flexibility index (Phi) is 5.38. The van der Waals surface area contributed by atoms with Gasteiger partial charge in [-0.3, -0.25) is 9.78 Å². The summed E-state index contributed by atoms with van der Waals surface area (Å²) in [6.07, 6.45) is 3.90. The predicted octanol–water partition coefficient (Wildman–Crippen LogP) is 2.83. The van der Waals surface area contributed by atoms with Gasteiger partial charge in [0.2, 0.25) is 5.75 Å². The quantitative estimate of drug-likeness (QED) is 0.532. The Morgan fingerprint density at radius 1 is 1.03 bits per heavy atom. The van der Waals surface area contributed by atoms with Crippen molar-refractivity contribution in [2.24, 2.45) is 0 Å². The van der Waals surface area contributed by atoms with Crippen molar-refractivity contribution in [1.29, 1.82) is 0 Å². The van der Waals surface area contributed by atoms with Gasteiger partial charge in [-0.05, 0) is 29.3 Å². The Morgan fingerprint density at radius 2 is 1.80 bits per heavy atom. The number of aromatic hydroxyl groups is 1. The lowest BCUT2D eigenvalue weighted by Crippen LogP contribution is -2.27. The highest BCUT2D eigenvalue weighted by Gasteiger charge is 2.17. The number of benzene rings is 1. The number of carbonyl (C=O) groups is 1. The summed E-state index contributed by atoms with van der Waals surface area (Å²) in [5.74, 6) is -0.651. The summed E-state index contributed by atoms with van der Waals surface area (Å²) in [4.78, 5) is 32.6. The monoisotopic (exact) mass is 402 g/mol. The van der Waals surface area contributed by atoms with Crippen molar-refractivity contribution in [3.05, 3.63) is 94.7 Å². The molecule has 0 fully saturated rings. The number of pyridine rings is 3. The van der Waals surface area contributed by atoms with Gasteiger partial charge in [-0.1, -0.05) is 30.3 Å². The van der Waals surface area contributed by atoms with E-state index in [1.807, 2.05) is 30.3 Å². The van der Waals surface area contributed by atoms with Crippen LogP contribution in [0.25, 0.3) is 10.9 Å². The number of hydrogen-bond acceptors (Lipinski definition) is 6. The van der Waals surface area contributed by atoms with Crippen molar-refractivity contribution in [1.82, 2.24) is 19.9 Å². The average molecular weight is 402 g/mol. The molecule has 0 unspecified atom stereocenters. The number of aromatic nitrogens is 3. The normalized spacial score (nSPS) is 10.7. The lowest BCUT2D eigenvalue weighted by Gasteiger charge is -2.13. The minimum absolute atomic E-state index is 0.231. The van der Waals surface area contributed by atoms with Crippen molar-refractivity contribution in [2.45, 2.75) is 13.1 Å². The van der Waals surface area contributed by atoms with Gasteiger partial charge in [-0.25, -0.2) is 9.78 Å². The molecule has 30 heavy (non-hydrogen) atoms. The molecule has 1 amide bonds. The maximum atomic E-state index is 12.5. The van der Waals surface area contributed by atoms with Gasteiger partial charge in [0.25, 0.3) is 11.4 Å². The largest absolute Gasteiger partial charge is 0.502 e. The predicted molar refractivity (Wildman–Crippen MR) is 110 cm³/mol. The lowest BCUT2D eigenvalue weighted by atomic mass is 10.2. The van der Waals surface area contributed by atoms with Crippen molar-refractivity contribution < 1.29 is 14.6 Å². The molecule has 0 radical (unpaired) electrons. The van der Waals surface area contributed by atoms with E-state index >= 15 is 0 Å². The van der Waals surface area contributed by atoms with Gasteiger partial charge >= 0.3 is 6.09 Å². The Morgan fingerprint density at radius 3 is 2.57 bits per heavy atom. The standard InChI is InChI=1S/C22H18N4O4/c27-18-7-6-17-13-24-21(30-22(29)25-12-15-8-10-23-11-9-15)20(28)19(17)26(18)14-16-4-2-1-3-5-16/h1-11,13,28H,12,14H2,(H,25,29). The third kappa shape index (κ3) is 4.12. The van der Waals surface area contributed by atoms with Crippen molar-refractivity contribution >= 4 is 17.0 Å². The molecule has 0 atom stereocenters. The minimum atomic E-state index is -0.776. The number of carbonyl (C=O) groups excluding carboxylic acids is 1. The van der Waals surface area contributed by atoms with E-state index in [-0.39, 0.29) is 35.8 Å². The van der Waals surface area contributed by atoms with Gasteiger partial charge < -0.3 is 19.7 Å². The minimum Gasteiger partial charge on any atom is -0.502 e. The maximum absolute atomic E-state index is 12.5. The molecule has 150 valence electrons. The summed E-state index contributed by atoms with van der Waals surface area (Å²) in [6, 6.07) is 15.9. The number of nitrogens with one attached hydrogen (secondary N) is 1. The highest BCUT2D eigenvalue weighted by atomic mass is 16.6. The molecule has 4 aromatic rings. The summed E-state index contributed by atoms with van der Waals surface area (Å²) in [5, 5.41) is 13.9. The zero-order chi connectivity index (χ0) is 20.9. The van der Waals surface area contributed by atoms with Crippen LogP contribution < -0.4 is 15.6 Å². The second-order valence-corrected chi connectivity index (χ2v) is 6.56. The van der Waals surface area contributed by atoms with Gasteiger partial charge in [0.05, 0.1) is 6.54 Å². The number of hydrogen-bond donors (Lipinski definition) is 2. The molecule has 8 nitrogen and oxygen atoms in total. The zero-order valence-corrected chi connectivity index (χ0v) is 15.9. The molecule has 8 heteroatoms. The highest BCUT2D eigenvalue weighted by Crippen LogP contribution is 2.31. The van der Waals surface area contributed by atoms with Crippen molar-refractivity contribution in [3.63, 3.8) is 0 Å². The van der Waals surface area contributed by atoms with E-state index in [0.717, 1.165) is 11.1 Å². The topological polar surface area (TPSA) is 106 Å². The van der Waals surface area contributed by atoms with E-state index in [9.17, 15) is 14.7 Å². The van der Waals surface area contributed by atoms with Crippen LogP contribution in [0.15, 0.2) is 78.0 Å². The number of rotatable bonds is 5. The summed E-state index contributed by atoms with van der Waals surface area (Å²) >= 11 is 0. The van der Waals surface area contributed by atoms with E-state index < -0.39 is 6.09 Å². The number of ether oxygens (including phenoxy) is 1. The smallest absolute Gasteiger partial charge is 0.414 e. The van der Waals surface area contributed by atoms with E-state index in [4.69, 9.17) is 4.74 Å². The van der Waals surface area contributed by atoms with Crippen LogP contribution in [0.3, 0.4) is 0 Å². The summed E-state index contributed by atoms with van der Waals surface area (Å²) in [6.45, 7) is 0.483. The average Bonchev–Trinajstić information content (AvgIpc) is 2.77. The first-order chi connectivity index (χ1) is 14.6. The van der Waals surface area contributed by atoms with E-state index in [1.165, 1.54) is 16.8 Å². The Labute approximate surface area is 171 Å². The van der Waals surface area contributed by atoms with Crippen LogP contribution in [-0.2, 0) is 13.1 Å². The van der Waals surface area contributed by atoms with Crippen LogP contribution in [0.4, 0.5) is 4.79 Å². The fourth-order valence-electron chi connectivity index (χ4n) is 3.05. The van der Waals surface area contributed by atoms with E-state index in [0.29, 0.717) is 5.39 Å². The Hall–Kier alpha value is -4.20. The second-order valence-electron chi connectivity index (χ2n) is 6.56. The zero-order valence-electron chi connectivity index (χ0n) is 15.9. The molecule has 2 N–H and O–H groups in total. The first kappa shape index (κ1) is 19.1. The molecule has 4 rings (SSSR count). The summed E-state index contributed by atoms with van der Waals surface area (Å²) < 4.78 is 6.60. The van der Waals surface area contributed by atoms with Crippen LogP contribution in [-0.4, -0.2) is 25.7 Å². The third-order valence-corrected chi connectivity index (χ3v) is 4.52. The SMILES string of the molecule is O=C(NCc1ccncc1)Oc1ncc2ccc(=O)n(Cc3ccccc3)c2c1O.